The van der Waals surface area contributed by atoms with Crippen molar-refractivity contribution < 1.29 is 5.11 Å². The molecule has 1 aliphatic carbocycles. The average molecular weight is 175 g/mol. The molecule has 66 valence electrons. The van der Waals surface area contributed by atoms with Crippen LogP contribution in [0, 0.1) is 11.3 Å². The third kappa shape index (κ3) is 1.27. The highest BCUT2D eigenvalue weighted by Gasteiger charge is 2.37. The third-order valence-corrected chi connectivity index (χ3v) is 2.41. The molecule has 0 amide bonds. The molecule has 0 unspecified atom stereocenters. The van der Waals surface area contributed by atoms with Crippen molar-refractivity contribution >= 4 is 0 Å². The van der Waals surface area contributed by atoms with E-state index in [1.165, 1.54) is 6.20 Å². The highest BCUT2D eigenvalue weighted by atomic mass is 16.3. The fourth-order valence-corrected chi connectivity index (χ4v) is 1.44. The summed E-state index contributed by atoms with van der Waals surface area (Å²) in [6, 6.07) is 3.52. The summed E-state index contributed by atoms with van der Waals surface area (Å²) in [5.41, 5.74) is -0.223. The van der Waals surface area contributed by atoms with E-state index in [2.05, 4.69) is 9.97 Å². The maximum absolute atomic E-state index is 9.90. The highest BCUT2D eigenvalue weighted by molar-refractivity contribution is 5.19. The molecule has 4 nitrogen and oxygen atoms in total. The molecule has 0 bridgehead atoms. The van der Waals surface area contributed by atoms with E-state index in [9.17, 15) is 5.11 Å². The molecule has 1 saturated carbocycles. The molecule has 0 spiro atoms. The van der Waals surface area contributed by atoms with Gasteiger partial charge in [0.05, 0.1) is 5.69 Å². The minimum atomic E-state index is -0.797. The van der Waals surface area contributed by atoms with Crippen LogP contribution in [0.15, 0.2) is 12.3 Å². The molecule has 4 heteroatoms. The first-order chi connectivity index (χ1) is 6.24. The lowest BCUT2D eigenvalue weighted by Gasteiger charge is -2.35. The van der Waals surface area contributed by atoms with Crippen molar-refractivity contribution in [1.29, 1.82) is 5.26 Å². The highest BCUT2D eigenvalue weighted by Crippen LogP contribution is 2.39. The molecule has 2 rings (SSSR count). The van der Waals surface area contributed by atoms with Crippen molar-refractivity contribution in [2.75, 3.05) is 0 Å². The molecule has 0 atom stereocenters. The van der Waals surface area contributed by atoms with Crippen molar-refractivity contribution in [2.45, 2.75) is 24.9 Å². The van der Waals surface area contributed by atoms with E-state index in [1.807, 2.05) is 6.07 Å². The molecule has 13 heavy (non-hydrogen) atoms. The summed E-state index contributed by atoms with van der Waals surface area (Å²) in [4.78, 5) is 7.71. The number of aromatic nitrogens is 2. The predicted octanol–water partition coefficient (Wildman–Crippen LogP) is 0.720. The summed E-state index contributed by atoms with van der Waals surface area (Å²) >= 11 is 0. The second-order valence-electron chi connectivity index (χ2n) is 3.26. The van der Waals surface area contributed by atoms with Gasteiger partial charge in [-0.25, -0.2) is 9.97 Å². The zero-order valence-electron chi connectivity index (χ0n) is 7.06. The first-order valence-corrected chi connectivity index (χ1v) is 4.21. The first-order valence-electron chi connectivity index (χ1n) is 4.21. The van der Waals surface area contributed by atoms with Gasteiger partial charge in [0.15, 0.2) is 0 Å². The molecule has 1 aromatic rings. The topological polar surface area (TPSA) is 69.8 Å². The number of rotatable bonds is 1. The van der Waals surface area contributed by atoms with Crippen LogP contribution in [0.5, 0.6) is 0 Å². The Hall–Kier alpha value is -1.47. The van der Waals surface area contributed by atoms with Gasteiger partial charge in [-0.15, -0.1) is 0 Å². The van der Waals surface area contributed by atoms with E-state index in [-0.39, 0.29) is 5.82 Å². The van der Waals surface area contributed by atoms with Gasteiger partial charge in [-0.05, 0) is 25.3 Å². The standard InChI is InChI=1S/C9H9N3O/c10-6-8-11-5-2-7(12-8)9(13)3-1-4-9/h2,5,13H,1,3-4H2. The molecule has 0 radical (unpaired) electrons. The van der Waals surface area contributed by atoms with Crippen LogP contribution in [0.1, 0.15) is 30.8 Å². The van der Waals surface area contributed by atoms with Crippen molar-refractivity contribution in [3.05, 3.63) is 23.8 Å². The van der Waals surface area contributed by atoms with Gasteiger partial charge < -0.3 is 5.11 Å². The van der Waals surface area contributed by atoms with Crippen molar-refractivity contribution in [3.63, 3.8) is 0 Å². The van der Waals surface area contributed by atoms with Crippen LogP contribution in [0.3, 0.4) is 0 Å². The fourth-order valence-electron chi connectivity index (χ4n) is 1.44. The second kappa shape index (κ2) is 2.79. The molecule has 0 saturated heterocycles. The lowest BCUT2D eigenvalue weighted by atomic mass is 9.78. The van der Waals surface area contributed by atoms with Crippen LogP contribution in [-0.2, 0) is 5.60 Å². The Morgan fingerprint density at radius 3 is 2.85 bits per heavy atom. The molecule has 1 fully saturated rings. The van der Waals surface area contributed by atoms with Gasteiger partial charge in [-0.1, -0.05) is 0 Å². The Bertz CT molecular complexity index is 365. The third-order valence-electron chi connectivity index (χ3n) is 2.41. The van der Waals surface area contributed by atoms with Gasteiger partial charge in [-0.2, -0.15) is 5.26 Å². The van der Waals surface area contributed by atoms with Crippen molar-refractivity contribution in [1.82, 2.24) is 9.97 Å². The number of hydrogen-bond acceptors (Lipinski definition) is 4. The smallest absolute Gasteiger partial charge is 0.232 e. The monoisotopic (exact) mass is 175 g/mol. The Morgan fingerprint density at radius 1 is 1.54 bits per heavy atom. The SMILES string of the molecule is N#Cc1nccc(C2(O)CCC2)n1. The summed E-state index contributed by atoms with van der Waals surface area (Å²) in [5, 5.41) is 18.5. The lowest BCUT2D eigenvalue weighted by molar-refractivity contribution is -0.0427. The van der Waals surface area contributed by atoms with Crippen LogP contribution in [-0.4, -0.2) is 15.1 Å². The average Bonchev–Trinajstić information content (AvgIpc) is 2.14. The van der Waals surface area contributed by atoms with E-state index in [0.29, 0.717) is 5.69 Å². The van der Waals surface area contributed by atoms with E-state index >= 15 is 0 Å². The van der Waals surface area contributed by atoms with Crippen LogP contribution in [0.4, 0.5) is 0 Å². The fraction of sp³-hybridized carbons (Fsp3) is 0.444. The van der Waals surface area contributed by atoms with Gasteiger partial charge in [0.25, 0.3) is 0 Å². The normalized spacial score (nSPS) is 18.8. The van der Waals surface area contributed by atoms with Gasteiger partial charge in [0.1, 0.15) is 11.7 Å². The molecule has 0 aromatic carbocycles. The molecular formula is C9H9N3O. The van der Waals surface area contributed by atoms with Crippen molar-refractivity contribution in [2.24, 2.45) is 0 Å². The summed E-state index contributed by atoms with van der Waals surface area (Å²) < 4.78 is 0. The van der Waals surface area contributed by atoms with Gasteiger partial charge in [0.2, 0.25) is 5.82 Å². The Balaban J connectivity index is 2.36. The maximum Gasteiger partial charge on any atom is 0.232 e. The van der Waals surface area contributed by atoms with Crippen LogP contribution in [0.25, 0.3) is 0 Å². The molecular weight excluding hydrogens is 166 g/mol. The van der Waals surface area contributed by atoms with Crippen LogP contribution < -0.4 is 0 Å². The zero-order valence-corrected chi connectivity index (χ0v) is 7.06. The molecule has 1 aromatic heterocycles. The van der Waals surface area contributed by atoms with E-state index in [4.69, 9.17) is 5.26 Å². The van der Waals surface area contributed by atoms with Gasteiger partial charge in [0, 0.05) is 6.20 Å². The zero-order chi connectivity index (χ0) is 9.31. The minimum Gasteiger partial charge on any atom is -0.384 e. The van der Waals surface area contributed by atoms with E-state index in [1.54, 1.807) is 6.07 Å². The minimum absolute atomic E-state index is 0.123. The summed E-state index contributed by atoms with van der Waals surface area (Å²) in [5.74, 6) is 0.123. The first kappa shape index (κ1) is 8.14. The maximum atomic E-state index is 9.90. The molecule has 1 aliphatic rings. The Labute approximate surface area is 75.9 Å². The number of nitriles is 1. The second-order valence-corrected chi connectivity index (χ2v) is 3.26. The van der Waals surface area contributed by atoms with E-state index < -0.39 is 5.60 Å². The largest absolute Gasteiger partial charge is 0.384 e. The predicted molar refractivity (Wildman–Crippen MR) is 44.5 cm³/mol. The van der Waals surface area contributed by atoms with Crippen LogP contribution >= 0.6 is 0 Å². The number of nitrogens with zero attached hydrogens (tertiary/aromatic N) is 3. The Morgan fingerprint density at radius 2 is 2.31 bits per heavy atom. The molecule has 1 heterocycles. The summed E-state index contributed by atoms with van der Waals surface area (Å²) in [6.07, 6.45) is 3.99. The van der Waals surface area contributed by atoms with Crippen LogP contribution in [0.2, 0.25) is 0 Å². The lowest BCUT2D eigenvalue weighted by Crippen LogP contribution is -2.34. The summed E-state index contributed by atoms with van der Waals surface area (Å²) in [6.45, 7) is 0. The van der Waals surface area contributed by atoms with Gasteiger partial charge in [-0.3, -0.25) is 0 Å². The number of aliphatic hydroxyl groups is 1. The quantitative estimate of drug-likeness (QED) is 0.682. The van der Waals surface area contributed by atoms with Gasteiger partial charge >= 0.3 is 0 Å². The Kier molecular flexibility index (Phi) is 1.74. The van der Waals surface area contributed by atoms with E-state index in [0.717, 1.165) is 19.3 Å². The molecule has 1 N–H and O–H groups in total. The van der Waals surface area contributed by atoms with Crippen molar-refractivity contribution in [3.8, 4) is 6.07 Å². The summed E-state index contributed by atoms with van der Waals surface area (Å²) in [7, 11) is 0. The molecule has 0 aliphatic heterocycles. The number of hydrogen-bond donors (Lipinski definition) is 1.